The van der Waals surface area contributed by atoms with Gasteiger partial charge >= 0.3 is 0 Å². The molecule has 0 radical (unpaired) electrons. The number of unbranched alkanes of at least 4 members (excludes halogenated alkanes) is 2. The van der Waals surface area contributed by atoms with Crippen molar-refractivity contribution in [2.75, 3.05) is 5.33 Å². The quantitative estimate of drug-likeness (QED) is 0.603. The van der Waals surface area contributed by atoms with Gasteiger partial charge in [0.25, 0.3) is 5.56 Å². The van der Waals surface area contributed by atoms with Gasteiger partial charge < -0.3 is 0 Å². The van der Waals surface area contributed by atoms with Crippen molar-refractivity contribution in [2.45, 2.75) is 25.8 Å². The molecule has 0 unspecified atom stereocenters. The summed E-state index contributed by atoms with van der Waals surface area (Å²) in [6.45, 7) is 0.687. The van der Waals surface area contributed by atoms with E-state index in [-0.39, 0.29) is 5.56 Å². The van der Waals surface area contributed by atoms with Crippen LogP contribution in [0, 0.1) is 0 Å². The largest absolute Gasteiger partial charge is 0.268 e. The van der Waals surface area contributed by atoms with Crippen LogP contribution >= 0.6 is 15.9 Å². The summed E-state index contributed by atoms with van der Waals surface area (Å²) in [5.41, 5.74) is 1.86. The highest BCUT2D eigenvalue weighted by atomic mass is 79.9. The van der Waals surface area contributed by atoms with Crippen molar-refractivity contribution in [3.8, 4) is 11.3 Å². The fourth-order valence-corrected chi connectivity index (χ4v) is 2.30. The van der Waals surface area contributed by atoms with Crippen LogP contribution in [0.25, 0.3) is 11.3 Å². The van der Waals surface area contributed by atoms with E-state index in [2.05, 4.69) is 21.0 Å². The molecule has 2 rings (SSSR count). The lowest BCUT2D eigenvalue weighted by Gasteiger charge is -2.06. The normalized spacial score (nSPS) is 10.6. The maximum absolute atomic E-state index is 11.8. The molecule has 4 heteroatoms. The Hall–Kier alpha value is -1.42. The molecular formula is C15H17BrN2O. The maximum atomic E-state index is 11.8. The highest BCUT2D eigenvalue weighted by molar-refractivity contribution is 9.09. The third kappa shape index (κ3) is 4.03. The van der Waals surface area contributed by atoms with Crippen molar-refractivity contribution >= 4 is 15.9 Å². The summed E-state index contributed by atoms with van der Waals surface area (Å²) in [5, 5.41) is 5.45. The first-order valence-electron chi connectivity index (χ1n) is 6.51. The molecule has 1 aromatic carbocycles. The number of nitrogens with zero attached hydrogens (tertiary/aromatic N) is 2. The zero-order valence-electron chi connectivity index (χ0n) is 10.8. The smallest absolute Gasteiger partial charge is 0.266 e. The Morgan fingerprint density at radius 3 is 2.53 bits per heavy atom. The van der Waals surface area contributed by atoms with Crippen LogP contribution in [0.4, 0.5) is 0 Å². The van der Waals surface area contributed by atoms with E-state index in [0.717, 1.165) is 35.8 Å². The lowest BCUT2D eigenvalue weighted by molar-refractivity contribution is 0.531. The molecule has 0 saturated carbocycles. The minimum atomic E-state index is -0.0291. The van der Waals surface area contributed by atoms with Crippen LogP contribution in [0.2, 0.25) is 0 Å². The monoisotopic (exact) mass is 320 g/mol. The van der Waals surface area contributed by atoms with Gasteiger partial charge in [0.15, 0.2) is 0 Å². The molecule has 0 aliphatic rings. The van der Waals surface area contributed by atoms with E-state index in [1.807, 2.05) is 30.3 Å². The van der Waals surface area contributed by atoms with E-state index in [1.54, 1.807) is 16.8 Å². The Balaban J connectivity index is 2.13. The predicted octanol–water partition coefficient (Wildman–Crippen LogP) is 3.48. The van der Waals surface area contributed by atoms with Crippen molar-refractivity contribution in [1.29, 1.82) is 0 Å². The number of hydrogen-bond acceptors (Lipinski definition) is 2. The molecule has 100 valence electrons. The summed E-state index contributed by atoms with van der Waals surface area (Å²) in [6.07, 6.45) is 3.22. The Bertz CT molecular complexity index is 566. The average molecular weight is 321 g/mol. The molecule has 0 N–H and O–H groups in total. The first kappa shape index (κ1) is 14.0. The van der Waals surface area contributed by atoms with Gasteiger partial charge in [-0.3, -0.25) is 4.79 Å². The van der Waals surface area contributed by atoms with E-state index >= 15 is 0 Å². The Kier molecular flexibility index (Phi) is 5.33. The molecule has 1 heterocycles. The van der Waals surface area contributed by atoms with Gasteiger partial charge in [-0.05, 0) is 18.9 Å². The van der Waals surface area contributed by atoms with Crippen LogP contribution in [-0.2, 0) is 6.54 Å². The Morgan fingerprint density at radius 1 is 1.00 bits per heavy atom. The van der Waals surface area contributed by atoms with Crippen molar-refractivity contribution in [1.82, 2.24) is 9.78 Å². The van der Waals surface area contributed by atoms with E-state index < -0.39 is 0 Å². The number of hydrogen-bond donors (Lipinski definition) is 0. The SMILES string of the molecule is O=c1ccc(-c2ccccc2)nn1CCCCCBr. The summed E-state index contributed by atoms with van der Waals surface area (Å²) >= 11 is 3.41. The molecule has 0 bridgehead atoms. The molecule has 19 heavy (non-hydrogen) atoms. The summed E-state index contributed by atoms with van der Waals surface area (Å²) in [4.78, 5) is 11.8. The van der Waals surface area contributed by atoms with Crippen molar-refractivity contribution in [3.63, 3.8) is 0 Å². The van der Waals surface area contributed by atoms with Gasteiger partial charge in [-0.2, -0.15) is 5.10 Å². The molecule has 0 amide bonds. The highest BCUT2D eigenvalue weighted by Crippen LogP contribution is 2.14. The maximum Gasteiger partial charge on any atom is 0.266 e. The second-order valence-electron chi connectivity index (χ2n) is 4.40. The molecule has 0 saturated heterocycles. The number of rotatable bonds is 6. The van der Waals surface area contributed by atoms with Crippen LogP contribution < -0.4 is 5.56 Å². The minimum Gasteiger partial charge on any atom is -0.268 e. The number of halogens is 1. The van der Waals surface area contributed by atoms with Gasteiger partial charge in [-0.25, -0.2) is 4.68 Å². The summed E-state index contributed by atoms with van der Waals surface area (Å²) in [7, 11) is 0. The second-order valence-corrected chi connectivity index (χ2v) is 5.19. The fourth-order valence-electron chi connectivity index (χ4n) is 1.90. The molecule has 0 aliphatic heterocycles. The lowest BCUT2D eigenvalue weighted by Crippen LogP contribution is -2.22. The number of benzene rings is 1. The van der Waals surface area contributed by atoms with E-state index in [9.17, 15) is 4.79 Å². The zero-order chi connectivity index (χ0) is 13.5. The third-order valence-corrected chi connectivity index (χ3v) is 3.50. The van der Waals surface area contributed by atoms with Gasteiger partial charge in [-0.1, -0.05) is 52.7 Å². The Labute approximate surface area is 121 Å². The molecule has 0 spiro atoms. The van der Waals surface area contributed by atoms with E-state index in [1.165, 1.54) is 0 Å². The van der Waals surface area contributed by atoms with Crippen molar-refractivity contribution < 1.29 is 0 Å². The van der Waals surface area contributed by atoms with E-state index in [0.29, 0.717) is 6.54 Å². The van der Waals surface area contributed by atoms with Gasteiger partial charge in [0, 0.05) is 23.5 Å². The fraction of sp³-hybridized carbons (Fsp3) is 0.333. The molecule has 0 fully saturated rings. The second kappa shape index (κ2) is 7.24. The van der Waals surface area contributed by atoms with Gasteiger partial charge in [0.1, 0.15) is 0 Å². The molecule has 0 atom stereocenters. The van der Waals surface area contributed by atoms with Crippen molar-refractivity contribution in [2.24, 2.45) is 0 Å². The van der Waals surface area contributed by atoms with Gasteiger partial charge in [0.2, 0.25) is 0 Å². The number of alkyl halides is 1. The average Bonchev–Trinajstić information content (AvgIpc) is 2.46. The summed E-state index contributed by atoms with van der Waals surface area (Å²) in [5.74, 6) is 0. The number of aryl methyl sites for hydroxylation is 1. The van der Waals surface area contributed by atoms with Crippen molar-refractivity contribution in [3.05, 3.63) is 52.8 Å². The third-order valence-electron chi connectivity index (χ3n) is 2.94. The summed E-state index contributed by atoms with van der Waals surface area (Å²) < 4.78 is 1.57. The van der Waals surface area contributed by atoms with Gasteiger partial charge in [0.05, 0.1) is 5.69 Å². The first-order valence-corrected chi connectivity index (χ1v) is 7.63. The van der Waals surface area contributed by atoms with Gasteiger partial charge in [-0.15, -0.1) is 0 Å². The molecule has 3 nitrogen and oxygen atoms in total. The van der Waals surface area contributed by atoms with Crippen LogP contribution in [0.1, 0.15) is 19.3 Å². The molecule has 0 aliphatic carbocycles. The van der Waals surface area contributed by atoms with Crippen LogP contribution in [0.3, 0.4) is 0 Å². The predicted molar refractivity (Wildman–Crippen MR) is 81.6 cm³/mol. The van der Waals surface area contributed by atoms with E-state index in [4.69, 9.17) is 0 Å². The molecule has 2 aromatic rings. The molecular weight excluding hydrogens is 304 g/mol. The summed E-state index contributed by atoms with van der Waals surface area (Å²) in [6, 6.07) is 13.3. The lowest BCUT2D eigenvalue weighted by atomic mass is 10.1. The van der Waals surface area contributed by atoms with Crippen LogP contribution in [0.15, 0.2) is 47.3 Å². The Morgan fingerprint density at radius 2 is 1.79 bits per heavy atom. The molecule has 1 aromatic heterocycles. The zero-order valence-corrected chi connectivity index (χ0v) is 12.3. The standard InChI is InChI=1S/C15H17BrN2O/c16-11-5-2-6-12-18-15(19)10-9-14(17-18)13-7-3-1-4-8-13/h1,3-4,7-10H,2,5-6,11-12H2. The topological polar surface area (TPSA) is 34.9 Å². The first-order chi connectivity index (χ1) is 9.31. The highest BCUT2D eigenvalue weighted by Gasteiger charge is 2.02. The minimum absolute atomic E-state index is 0.0291. The number of aromatic nitrogens is 2. The van der Waals surface area contributed by atoms with Crippen LogP contribution in [-0.4, -0.2) is 15.1 Å². The van der Waals surface area contributed by atoms with Crippen LogP contribution in [0.5, 0.6) is 0 Å².